The molecule has 6 nitrogen and oxygen atoms in total. The third kappa shape index (κ3) is 3.22. The maximum atomic E-state index is 5.87. The second kappa shape index (κ2) is 5.86. The molecule has 1 heterocycles. The minimum Gasteiger partial charge on any atom is -0.476 e. The summed E-state index contributed by atoms with van der Waals surface area (Å²) in [7, 11) is 2.11. The number of ether oxygens (including phenoxy) is 2. The first-order chi connectivity index (χ1) is 8.72. The molecule has 0 radical (unpaired) electrons. The lowest BCUT2D eigenvalue weighted by Crippen LogP contribution is -2.26. The number of nitrogens with zero attached hydrogens (tertiary/aromatic N) is 3. The zero-order chi connectivity index (χ0) is 13.0. The van der Waals surface area contributed by atoms with Gasteiger partial charge in [0.1, 0.15) is 12.9 Å². The summed E-state index contributed by atoms with van der Waals surface area (Å²) in [5, 5.41) is 0. The highest BCUT2D eigenvalue weighted by Crippen LogP contribution is 2.27. The molecular weight excluding hydrogens is 232 g/mol. The van der Waals surface area contributed by atoms with Crippen LogP contribution in [0.5, 0.6) is 11.8 Å². The summed E-state index contributed by atoms with van der Waals surface area (Å²) in [6.45, 7) is 3.84. The first-order valence-electron chi connectivity index (χ1n) is 6.28. The van der Waals surface area contributed by atoms with Gasteiger partial charge in [0.2, 0.25) is 11.8 Å². The summed E-state index contributed by atoms with van der Waals surface area (Å²) in [5.74, 6) is 0.788. The number of rotatable bonds is 7. The molecule has 1 aliphatic carbocycles. The van der Waals surface area contributed by atoms with Gasteiger partial charge in [0.15, 0.2) is 5.69 Å². The van der Waals surface area contributed by atoms with E-state index in [4.69, 9.17) is 15.2 Å². The zero-order valence-electron chi connectivity index (χ0n) is 10.9. The normalized spacial score (nSPS) is 14.8. The monoisotopic (exact) mass is 252 g/mol. The van der Waals surface area contributed by atoms with Crippen LogP contribution in [0.2, 0.25) is 0 Å². The third-order valence-electron chi connectivity index (χ3n) is 2.94. The molecule has 1 aromatic heterocycles. The van der Waals surface area contributed by atoms with Gasteiger partial charge >= 0.3 is 0 Å². The van der Waals surface area contributed by atoms with E-state index in [0.717, 1.165) is 12.6 Å². The fraction of sp³-hybridized carbons (Fsp3) is 0.667. The van der Waals surface area contributed by atoms with Gasteiger partial charge in [-0.2, -0.15) is 9.97 Å². The van der Waals surface area contributed by atoms with Gasteiger partial charge in [-0.15, -0.1) is 0 Å². The molecule has 2 N–H and O–H groups in total. The van der Waals surface area contributed by atoms with E-state index in [1.165, 1.54) is 19.2 Å². The SMILES string of the molecule is CCOc1ncnc(OCCN(C)C2CC2)c1N. The molecule has 0 saturated heterocycles. The van der Waals surface area contributed by atoms with Crippen molar-refractivity contribution in [1.29, 1.82) is 0 Å². The topological polar surface area (TPSA) is 73.5 Å². The maximum Gasteiger partial charge on any atom is 0.244 e. The quantitative estimate of drug-likeness (QED) is 0.778. The van der Waals surface area contributed by atoms with Crippen LogP contribution in [0.25, 0.3) is 0 Å². The molecule has 0 atom stereocenters. The number of aromatic nitrogens is 2. The minimum atomic E-state index is 0.369. The fourth-order valence-corrected chi connectivity index (χ4v) is 1.72. The van der Waals surface area contributed by atoms with E-state index in [0.29, 0.717) is 30.7 Å². The van der Waals surface area contributed by atoms with Crippen molar-refractivity contribution in [2.75, 3.05) is 32.5 Å². The summed E-state index contributed by atoms with van der Waals surface area (Å²) >= 11 is 0. The van der Waals surface area contributed by atoms with Gasteiger partial charge in [-0.05, 0) is 26.8 Å². The Kier molecular flexibility index (Phi) is 4.19. The molecular formula is C12H20N4O2. The zero-order valence-corrected chi connectivity index (χ0v) is 10.9. The van der Waals surface area contributed by atoms with Crippen LogP contribution in [-0.4, -0.2) is 47.7 Å². The number of hydrogen-bond donors (Lipinski definition) is 1. The molecule has 1 aromatic rings. The largest absolute Gasteiger partial charge is 0.476 e. The molecule has 0 aromatic carbocycles. The fourth-order valence-electron chi connectivity index (χ4n) is 1.72. The average Bonchev–Trinajstić information content (AvgIpc) is 3.18. The van der Waals surface area contributed by atoms with Crippen LogP contribution in [0.1, 0.15) is 19.8 Å². The third-order valence-corrected chi connectivity index (χ3v) is 2.94. The molecule has 0 bridgehead atoms. The summed E-state index contributed by atoms with van der Waals surface area (Å²) in [5.41, 5.74) is 6.24. The minimum absolute atomic E-state index is 0.369. The Morgan fingerprint density at radius 1 is 1.33 bits per heavy atom. The summed E-state index contributed by atoms with van der Waals surface area (Å²) < 4.78 is 10.9. The molecule has 1 saturated carbocycles. The van der Waals surface area contributed by atoms with Crippen LogP contribution in [0.15, 0.2) is 6.33 Å². The predicted molar refractivity (Wildman–Crippen MR) is 68.8 cm³/mol. The van der Waals surface area contributed by atoms with Crippen LogP contribution in [0.4, 0.5) is 5.69 Å². The van der Waals surface area contributed by atoms with E-state index in [1.807, 2.05) is 6.92 Å². The van der Waals surface area contributed by atoms with Crippen LogP contribution in [-0.2, 0) is 0 Å². The van der Waals surface area contributed by atoms with Gasteiger partial charge in [0.05, 0.1) is 6.61 Å². The Morgan fingerprint density at radius 2 is 2.00 bits per heavy atom. The van der Waals surface area contributed by atoms with Crippen LogP contribution < -0.4 is 15.2 Å². The highest BCUT2D eigenvalue weighted by Gasteiger charge is 2.25. The van der Waals surface area contributed by atoms with Crippen molar-refractivity contribution in [2.45, 2.75) is 25.8 Å². The number of nitrogen functional groups attached to an aromatic ring is 1. The molecule has 6 heteroatoms. The first kappa shape index (κ1) is 12.9. The number of hydrogen-bond acceptors (Lipinski definition) is 6. The highest BCUT2D eigenvalue weighted by molar-refractivity contribution is 5.55. The summed E-state index contributed by atoms with van der Waals surface area (Å²) in [4.78, 5) is 10.3. The van der Waals surface area contributed by atoms with Crippen molar-refractivity contribution in [3.63, 3.8) is 0 Å². The molecule has 1 aliphatic rings. The van der Waals surface area contributed by atoms with Gasteiger partial charge < -0.3 is 20.1 Å². The van der Waals surface area contributed by atoms with Crippen molar-refractivity contribution in [2.24, 2.45) is 0 Å². The van der Waals surface area contributed by atoms with Gasteiger partial charge in [-0.3, -0.25) is 0 Å². The van der Waals surface area contributed by atoms with Crippen molar-refractivity contribution >= 4 is 5.69 Å². The van der Waals surface area contributed by atoms with E-state index in [1.54, 1.807) is 0 Å². The molecule has 100 valence electrons. The molecule has 0 amide bonds. The smallest absolute Gasteiger partial charge is 0.244 e. The van der Waals surface area contributed by atoms with Gasteiger partial charge in [-0.25, -0.2) is 0 Å². The Labute approximate surface area is 107 Å². The predicted octanol–water partition coefficient (Wildman–Crippen LogP) is 0.930. The van der Waals surface area contributed by atoms with Crippen molar-refractivity contribution in [1.82, 2.24) is 14.9 Å². The van der Waals surface area contributed by atoms with E-state index in [2.05, 4.69) is 21.9 Å². The van der Waals surface area contributed by atoms with E-state index in [-0.39, 0.29) is 0 Å². The maximum absolute atomic E-state index is 5.87. The summed E-state index contributed by atoms with van der Waals surface area (Å²) in [6, 6.07) is 0.732. The number of likely N-dealkylation sites (N-methyl/N-ethyl adjacent to an activating group) is 1. The van der Waals surface area contributed by atoms with Crippen LogP contribution in [0.3, 0.4) is 0 Å². The number of anilines is 1. The average molecular weight is 252 g/mol. The second-order valence-electron chi connectivity index (χ2n) is 4.39. The lowest BCUT2D eigenvalue weighted by atomic mass is 10.5. The highest BCUT2D eigenvalue weighted by atomic mass is 16.5. The van der Waals surface area contributed by atoms with Crippen LogP contribution >= 0.6 is 0 Å². The van der Waals surface area contributed by atoms with Gasteiger partial charge in [0, 0.05) is 12.6 Å². The van der Waals surface area contributed by atoms with E-state index < -0.39 is 0 Å². The Hall–Kier alpha value is -1.56. The first-order valence-corrected chi connectivity index (χ1v) is 6.28. The molecule has 1 fully saturated rings. The van der Waals surface area contributed by atoms with Crippen LogP contribution in [0, 0.1) is 0 Å². The molecule has 0 aliphatic heterocycles. The molecule has 0 unspecified atom stereocenters. The standard InChI is InChI=1S/C12H20N4O2/c1-3-17-11-10(13)12(15-8-14-11)18-7-6-16(2)9-4-5-9/h8-9H,3-7,13H2,1-2H3. The van der Waals surface area contributed by atoms with E-state index in [9.17, 15) is 0 Å². The lowest BCUT2D eigenvalue weighted by Gasteiger charge is -2.16. The lowest BCUT2D eigenvalue weighted by molar-refractivity contribution is 0.226. The molecule has 2 rings (SSSR count). The van der Waals surface area contributed by atoms with Gasteiger partial charge in [0.25, 0.3) is 0 Å². The Balaban J connectivity index is 1.86. The Bertz CT molecular complexity index is 396. The molecule has 18 heavy (non-hydrogen) atoms. The van der Waals surface area contributed by atoms with Crippen molar-refractivity contribution < 1.29 is 9.47 Å². The summed E-state index contributed by atoms with van der Waals surface area (Å²) in [6.07, 6.45) is 3.99. The van der Waals surface area contributed by atoms with Crippen molar-refractivity contribution in [3.05, 3.63) is 6.33 Å². The number of nitrogens with two attached hydrogens (primary N) is 1. The van der Waals surface area contributed by atoms with Gasteiger partial charge in [-0.1, -0.05) is 0 Å². The molecule has 0 spiro atoms. The van der Waals surface area contributed by atoms with E-state index >= 15 is 0 Å². The van der Waals surface area contributed by atoms with Crippen molar-refractivity contribution in [3.8, 4) is 11.8 Å². The Morgan fingerprint density at radius 3 is 2.61 bits per heavy atom. The second-order valence-corrected chi connectivity index (χ2v) is 4.39.